The first kappa shape index (κ1) is 10.6. The van der Waals surface area contributed by atoms with Gasteiger partial charge in [-0.05, 0) is 25.8 Å². The lowest BCUT2D eigenvalue weighted by Gasteiger charge is -2.13. The van der Waals surface area contributed by atoms with E-state index in [0.717, 1.165) is 26.1 Å². The molecule has 1 fully saturated rings. The van der Waals surface area contributed by atoms with Gasteiger partial charge in [0, 0.05) is 32.5 Å². The second kappa shape index (κ2) is 5.28. The maximum absolute atomic E-state index is 5.06. The third-order valence-electron chi connectivity index (χ3n) is 2.91. The van der Waals surface area contributed by atoms with Crippen LogP contribution >= 0.6 is 0 Å². The van der Waals surface area contributed by atoms with Crippen LogP contribution in [0.1, 0.15) is 31.0 Å². The number of aromatic nitrogens is 2. The predicted octanol–water partition coefficient (Wildman–Crippen LogP) is 1.34. The van der Waals surface area contributed by atoms with Crippen LogP contribution in [0.25, 0.3) is 0 Å². The molecule has 1 N–H and O–H groups in total. The minimum absolute atomic E-state index is 0.509. The summed E-state index contributed by atoms with van der Waals surface area (Å²) in [5, 5.41) is 3.50. The summed E-state index contributed by atoms with van der Waals surface area (Å²) in [6, 6.07) is 0.509. The van der Waals surface area contributed by atoms with Crippen LogP contribution in [-0.2, 0) is 11.3 Å². The summed E-state index contributed by atoms with van der Waals surface area (Å²) < 4.78 is 7.29. The molecule has 0 amide bonds. The number of hydrogen-bond donors (Lipinski definition) is 1. The number of aryl methyl sites for hydroxylation is 1. The van der Waals surface area contributed by atoms with E-state index in [2.05, 4.69) is 14.9 Å². The lowest BCUT2D eigenvalue weighted by molar-refractivity contribution is 0.190. The van der Waals surface area contributed by atoms with Gasteiger partial charge in [0.2, 0.25) is 0 Å². The quantitative estimate of drug-likeness (QED) is 0.744. The molecule has 1 aromatic heterocycles. The van der Waals surface area contributed by atoms with Gasteiger partial charge < -0.3 is 14.6 Å². The number of methoxy groups -OCH3 is 1. The summed E-state index contributed by atoms with van der Waals surface area (Å²) in [7, 11) is 1.74. The monoisotopic (exact) mass is 209 g/mol. The summed E-state index contributed by atoms with van der Waals surface area (Å²) in [6.07, 6.45) is 7.46. The molecular weight excluding hydrogens is 190 g/mol. The molecule has 2 rings (SSSR count). The van der Waals surface area contributed by atoms with Gasteiger partial charge in [-0.1, -0.05) is 0 Å². The van der Waals surface area contributed by atoms with Crippen LogP contribution in [-0.4, -0.2) is 29.8 Å². The molecule has 2 heterocycles. The van der Waals surface area contributed by atoms with Gasteiger partial charge in [0.25, 0.3) is 0 Å². The Morgan fingerprint density at radius 3 is 3.33 bits per heavy atom. The molecule has 0 aromatic carbocycles. The van der Waals surface area contributed by atoms with E-state index < -0.39 is 0 Å². The van der Waals surface area contributed by atoms with Gasteiger partial charge in [0.1, 0.15) is 0 Å². The molecule has 84 valence electrons. The Morgan fingerprint density at radius 2 is 2.60 bits per heavy atom. The highest BCUT2D eigenvalue weighted by atomic mass is 16.5. The smallest absolute Gasteiger partial charge is 0.0948 e. The molecule has 0 saturated carbocycles. The van der Waals surface area contributed by atoms with Crippen molar-refractivity contribution >= 4 is 0 Å². The zero-order valence-corrected chi connectivity index (χ0v) is 9.28. The van der Waals surface area contributed by atoms with E-state index in [-0.39, 0.29) is 0 Å². The fourth-order valence-electron chi connectivity index (χ4n) is 2.12. The Labute approximate surface area is 90.6 Å². The van der Waals surface area contributed by atoms with Gasteiger partial charge in [-0.15, -0.1) is 0 Å². The van der Waals surface area contributed by atoms with E-state index >= 15 is 0 Å². The maximum atomic E-state index is 5.06. The molecule has 1 saturated heterocycles. The number of nitrogens with one attached hydrogen (secondary N) is 1. The summed E-state index contributed by atoms with van der Waals surface area (Å²) in [5.74, 6) is 0. The lowest BCUT2D eigenvalue weighted by atomic mass is 10.2. The van der Waals surface area contributed by atoms with Crippen LogP contribution in [0.15, 0.2) is 12.5 Å². The fourth-order valence-corrected chi connectivity index (χ4v) is 2.12. The summed E-state index contributed by atoms with van der Waals surface area (Å²) in [5.41, 5.74) is 1.32. The highest BCUT2D eigenvalue weighted by Crippen LogP contribution is 2.22. The van der Waals surface area contributed by atoms with E-state index in [4.69, 9.17) is 4.74 Å². The Kier molecular flexibility index (Phi) is 3.75. The Hall–Kier alpha value is -0.870. The minimum Gasteiger partial charge on any atom is -0.385 e. The molecule has 1 aliphatic rings. The third kappa shape index (κ3) is 2.58. The molecule has 1 aromatic rings. The SMILES string of the molecule is COCCCn1cncc1C1CCCN1. The highest BCUT2D eigenvalue weighted by molar-refractivity contribution is 5.07. The normalized spacial score (nSPS) is 21.0. The van der Waals surface area contributed by atoms with Gasteiger partial charge in [0.05, 0.1) is 12.0 Å². The molecule has 4 heteroatoms. The van der Waals surface area contributed by atoms with Crippen LogP contribution < -0.4 is 5.32 Å². The van der Waals surface area contributed by atoms with Gasteiger partial charge in [-0.3, -0.25) is 0 Å². The minimum atomic E-state index is 0.509. The van der Waals surface area contributed by atoms with Gasteiger partial charge in [-0.2, -0.15) is 0 Å². The summed E-state index contributed by atoms with van der Waals surface area (Å²) >= 11 is 0. The summed E-state index contributed by atoms with van der Waals surface area (Å²) in [6.45, 7) is 2.95. The number of imidazole rings is 1. The molecule has 4 nitrogen and oxygen atoms in total. The Balaban J connectivity index is 1.95. The van der Waals surface area contributed by atoms with E-state index in [0.29, 0.717) is 6.04 Å². The molecule has 0 bridgehead atoms. The molecule has 0 radical (unpaired) electrons. The average Bonchev–Trinajstić information content (AvgIpc) is 2.87. The van der Waals surface area contributed by atoms with Crippen molar-refractivity contribution in [2.45, 2.75) is 31.8 Å². The van der Waals surface area contributed by atoms with Crippen molar-refractivity contribution in [3.63, 3.8) is 0 Å². The summed E-state index contributed by atoms with van der Waals surface area (Å²) in [4.78, 5) is 4.23. The molecule has 1 aliphatic heterocycles. The second-order valence-corrected chi connectivity index (χ2v) is 4.01. The van der Waals surface area contributed by atoms with Crippen molar-refractivity contribution < 1.29 is 4.74 Å². The highest BCUT2D eigenvalue weighted by Gasteiger charge is 2.19. The average molecular weight is 209 g/mol. The first-order chi connectivity index (χ1) is 7.42. The molecule has 15 heavy (non-hydrogen) atoms. The van der Waals surface area contributed by atoms with Crippen molar-refractivity contribution in [2.24, 2.45) is 0 Å². The fraction of sp³-hybridized carbons (Fsp3) is 0.727. The van der Waals surface area contributed by atoms with E-state index in [9.17, 15) is 0 Å². The maximum Gasteiger partial charge on any atom is 0.0948 e. The molecule has 1 atom stereocenters. The van der Waals surface area contributed by atoms with E-state index in [1.54, 1.807) is 7.11 Å². The second-order valence-electron chi connectivity index (χ2n) is 4.01. The van der Waals surface area contributed by atoms with Crippen LogP contribution in [0.3, 0.4) is 0 Å². The first-order valence-electron chi connectivity index (χ1n) is 5.64. The van der Waals surface area contributed by atoms with Crippen molar-refractivity contribution in [1.29, 1.82) is 0 Å². The molecule has 0 spiro atoms. The standard InChI is InChI=1S/C11H19N3O/c1-15-7-3-6-14-9-12-8-11(14)10-4-2-5-13-10/h8-10,13H,2-7H2,1H3. The van der Waals surface area contributed by atoms with Crippen LogP contribution in [0.4, 0.5) is 0 Å². The predicted molar refractivity (Wildman–Crippen MR) is 58.7 cm³/mol. The lowest BCUT2D eigenvalue weighted by Crippen LogP contribution is -2.17. The Bertz CT molecular complexity index is 292. The van der Waals surface area contributed by atoms with Crippen molar-refractivity contribution in [3.05, 3.63) is 18.2 Å². The van der Waals surface area contributed by atoms with E-state index in [1.807, 2.05) is 12.5 Å². The Morgan fingerprint density at radius 1 is 1.67 bits per heavy atom. The van der Waals surface area contributed by atoms with Crippen LogP contribution in [0.2, 0.25) is 0 Å². The first-order valence-corrected chi connectivity index (χ1v) is 5.64. The number of ether oxygens (including phenoxy) is 1. The largest absolute Gasteiger partial charge is 0.385 e. The third-order valence-corrected chi connectivity index (χ3v) is 2.91. The zero-order chi connectivity index (χ0) is 10.5. The number of nitrogens with zero attached hydrogens (tertiary/aromatic N) is 2. The zero-order valence-electron chi connectivity index (χ0n) is 9.28. The van der Waals surface area contributed by atoms with Crippen molar-refractivity contribution in [1.82, 2.24) is 14.9 Å². The van der Waals surface area contributed by atoms with Crippen molar-refractivity contribution in [3.8, 4) is 0 Å². The number of rotatable bonds is 5. The molecule has 1 unspecified atom stereocenters. The number of hydrogen-bond acceptors (Lipinski definition) is 3. The van der Waals surface area contributed by atoms with Crippen LogP contribution in [0.5, 0.6) is 0 Å². The van der Waals surface area contributed by atoms with Crippen LogP contribution in [0, 0.1) is 0 Å². The van der Waals surface area contributed by atoms with Gasteiger partial charge >= 0.3 is 0 Å². The van der Waals surface area contributed by atoms with Crippen molar-refractivity contribution in [2.75, 3.05) is 20.3 Å². The van der Waals surface area contributed by atoms with E-state index in [1.165, 1.54) is 18.5 Å². The van der Waals surface area contributed by atoms with Gasteiger partial charge in [-0.25, -0.2) is 4.98 Å². The molecule has 0 aliphatic carbocycles. The topological polar surface area (TPSA) is 39.1 Å². The van der Waals surface area contributed by atoms with Gasteiger partial charge in [0.15, 0.2) is 0 Å². The molecular formula is C11H19N3O.